The number of benzene rings is 2. The lowest BCUT2D eigenvalue weighted by molar-refractivity contribution is -0.116. The first-order valence-electron chi connectivity index (χ1n) is 9.63. The SMILES string of the molecule is CC1CCCCN1C(=O)c1ccc(NCC(=O)N(C)c2ccccc2)cc1Cl. The summed E-state index contributed by atoms with van der Waals surface area (Å²) in [5.41, 5.74) is 2.06. The van der Waals surface area contributed by atoms with E-state index in [0.717, 1.165) is 31.5 Å². The smallest absolute Gasteiger partial charge is 0.255 e. The molecule has 1 saturated heterocycles. The van der Waals surface area contributed by atoms with E-state index < -0.39 is 0 Å². The van der Waals surface area contributed by atoms with Gasteiger partial charge < -0.3 is 15.1 Å². The Hall–Kier alpha value is -2.53. The zero-order valence-corrected chi connectivity index (χ0v) is 17.1. The van der Waals surface area contributed by atoms with Gasteiger partial charge in [-0.3, -0.25) is 9.59 Å². The van der Waals surface area contributed by atoms with Crippen molar-refractivity contribution in [2.75, 3.05) is 30.4 Å². The van der Waals surface area contributed by atoms with E-state index in [1.165, 1.54) is 0 Å². The second kappa shape index (κ2) is 9.11. The van der Waals surface area contributed by atoms with Crippen molar-refractivity contribution in [1.82, 2.24) is 4.90 Å². The van der Waals surface area contributed by atoms with Crippen molar-refractivity contribution in [2.24, 2.45) is 0 Å². The molecule has 1 atom stereocenters. The van der Waals surface area contributed by atoms with Crippen molar-refractivity contribution in [3.05, 3.63) is 59.1 Å². The first kappa shape index (κ1) is 20.2. The van der Waals surface area contributed by atoms with Crippen molar-refractivity contribution in [3.63, 3.8) is 0 Å². The Bertz CT molecular complexity index is 841. The minimum absolute atomic E-state index is 0.0244. The van der Waals surface area contributed by atoms with Gasteiger partial charge in [-0.1, -0.05) is 29.8 Å². The molecular formula is C22H26ClN3O2. The molecule has 3 rings (SSSR count). The summed E-state index contributed by atoms with van der Waals surface area (Å²) in [7, 11) is 1.74. The first-order valence-corrected chi connectivity index (χ1v) is 10.0. The van der Waals surface area contributed by atoms with Gasteiger partial charge in [-0.25, -0.2) is 0 Å². The zero-order valence-electron chi connectivity index (χ0n) is 16.3. The standard InChI is InChI=1S/C22H26ClN3O2/c1-16-8-6-7-13-26(16)22(28)19-12-11-17(14-20(19)23)24-15-21(27)25(2)18-9-4-3-5-10-18/h3-5,9-12,14,16,24H,6-8,13,15H2,1-2H3. The van der Waals surface area contributed by atoms with Crippen LogP contribution in [0.3, 0.4) is 0 Å². The molecule has 2 amide bonds. The molecule has 1 aliphatic heterocycles. The molecule has 1 N–H and O–H groups in total. The summed E-state index contributed by atoms with van der Waals surface area (Å²) >= 11 is 6.38. The number of anilines is 2. The second-order valence-electron chi connectivity index (χ2n) is 7.18. The molecular weight excluding hydrogens is 374 g/mol. The van der Waals surface area contributed by atoms with E-state index in [-0.39, 0.29) is 24.4 Å². The molecule has 0 saturated carbocycles. The highest BCUT2D eigenvalue weighted by molar-refractivity contribution is 6.34. The summed E-state index contributed by atoms with van der Waals surface area (Å²) in [6.07, 6.45) is 3.22. The number of piperidine rings is 1. The maximum Gasteiger partial charge on any atom is 0.255 e. The van der Waals surface area contributed by atoms with Gasteiger partial charge in [0.2, 0.25) is 5.91 Å². The highest BCUT2D eigenvalue weighted by Crippen LogP contribution is 2.25. The number of rotatable bonds is 5. The minimum Gasteiger partial charge on any atom is -0.376 e. The van der Waals surface area contributed by atoms with E-state index in [0.29, 0.717) is 16.3 Å². The lowest BCUT2D eigenvalue weighted by Gasteiger charge is -2.33. The highest BCUT2D eigenvalue weighted by atomic mass is 35.5. The van der Waals surface area contributed by atoms with Crippen LogP contribution in [0, 0.1) is 0 Å². The van der Waals surface area contributed by atoms with Gasteiger partial charge in [0.05, 0.1) is 17.1 Å². The third-order valence-corrected chi connectivity index (χ3v) is 5.54. The van der Waals surface area contributed by atoms with Crippen LogP contribution in [0.15, 0.2) is 48.5 Å². The fourth-order valence-corrected chi connectivity index (χ4v) is 3.71. The summed E-state index contributed by atoms with van der Waals surface area (Å²) in [5, 5.41) is 3.49. The molecule has 2 aromatic carbocycles. The average molecular weight is 400 g/mol. The van der Waals surface area contributed by atoms with Crippen molar-refractivity contribution >= 4 is 34.8 Å². The van der Waals surface area contributed by atoms with E-state index >= 15 is 0 Å². The van der Waals surface area contributed by atoms with E-state index in [4.69, 9.17) is 11.6 Å². The lowest BCUT2D eigenvalue weighted by atomic mass is 10.0. The fourth-order valence-electron chi connectivity index (χ4n) is 3.44. The minimum atomic E-state index is -0.0652. The molecule has 0 spiro atoms. The Morgan fingerprint density at radius 2 is 1.93 bits per heavy atom. The summed E-state index contributed by atoms with van der Waals surface area (Å²) in [4.78, 5) is 28.7. The highest BCUT2D eigenvalue weighted by Gasteiger charge is 2.25. The molecule has 5 nitrogen and oxygen atoms in total. The van der Waals surface area contributed by atoms with Crippen LogP contribution in [0.5, 0.6) is 0 Å². The molecule has 28 heavy (non-hydrogen) atoms. The van der Waals surface area contributed by atoms with Crippen LogP contribution in [0.1, 0.15) is 36.5 Å². The number of hydrogen-bond donors (Lipinski definition) is 1. The van der Waals surface area contributed by atoms with Crippen LogP contribution in [-0.2, 0) is 4.79 Å². The van der Waals surface area contributed by atoms with E-state index in [9.17, 15) is 9.59 Å². The van der Waals surface area contributed by atoms with Crippen LogP contribution < -0.4 is 10.2 Å². The number of nitrogens with one attached hydrogen (secondary N) is 1. The molecule has 1 aliphatic rings. The average Bonchev–Trinajstić information content (AvgIpc) is 2.72. The van der Waals surface area contributed by atoms with Crippen LogP contribution in [-0.4, -0.2) is 42.9 Å². The molecule has 0 radical (unpaired) electrons. The number of carbonyl (C=O) groups excluding carboxylic acids is 2. The number of amides is 2. The van der Waals surface area contributed by atoms with Gasteiger partial charge >= 0.3 is 0 Å². The molecule has 1 heterocycles. The normalized spacial score (nSPS) is 16.5. The summed E-state index contributed by atoms with van der Waals surface area (Å²) in [5.74, 6) is -0.0896. The Balaban J connectivity index is 1.62. The largest absolute Gasteiger partial charge is 0.376 e. The van der Waals surface area contributed by atoms with Gasteiger partial charge in [0, 0.05) is 31.0 Å². The number of halogens is 1. The van der Waals surface area contributed by atoms with Crippen molar-refractivity contribution in [2.45, 2.75) is 32.2 Å². The quantitative estimate of drug-likeness (QED) is 0.809. The summed E-state index contributed by atoms with van der Waals surface area (Å²) in [6.45, 7) is 2.99. The van der Waals surface area contributed by atoms with Crippen molar-refractivity contribution in [3.8, 4) is 0 Å². The molecule has 148 valence electrons. The number of carbonyl (C=O) groups is 2. The predicted molar refractivity (Wildman–Crippen MR) is 114 cm³/mol. The topological polar surface area (TPSA) is 52.7 Å². The van der Waals surface area contributed by atoms with Gasteiger partial charge in [0.1, 0.15) is 0 Å². The molecule has 0 aromatic heterocycles. The van der Waals surface area contributed by atoms with Gasteiger partial charge in [0.25, 0.3) is 5.91 Å². The predicted octanol–water partition coefficient (Wildman–Crippen LogP) is 4.43. The monoisotopic (exact) mass is 399 g/mol. The Morgan fingerprint density at radius 1 is 1.18 bits per heavy atom. The van der Waals surface area contributed by atoms with Crippen molar-refractivity contribution in [1.29, 1.82) is 0 Å². The summed E-state index contributed by atoms with van der Waals surface area (Å²) in [6, 6.07) is 14.9. The van der Waals surface area contributed by atoms with E-state index in [2.05, 4.69) is 12.2 Å². The maximum atomic E-state index is 12.8. The summed E-state index contributed by atoms with van der Waals surface area (Å²) < 4.78 is 0. The van der Waals surface area contributed by atoms with Crippen molar-refractivity contribution < 1.29 is 9.59 Å². The van der Waals surface area contributed by atoms with Crippen LogP contribution in [0.2, 0.25) is 5.02 Å². The van der Waals surface area contributed by atoms with Crippen LogP contribution >= 0.6 is 11.6 Å². The maximum absolute atomic E-state index is 12.8. The number of nitrogens with zero attached hydrogens (tertiary/aromatic N) is 2. The third-order valence-electron chi connectivity index (χ3n) is 5.22. The van der Waals surface area contributed by atoms with Gasteiger partial charge in [-0.2, -0.15) is 0 Å². The van der Waals surface area contributed by atoms with Gasteiger partial charge in [0.15, 0.2) is 0 Å². The third kappa shape index (κ3) is 4.65. The fraction of sp³-hybridized carbons (Fsp3) is 0.364. The van der Waals surface area contributed by atoms with E-state index in [1.54, 1.807) is 30.1 Å². The van der Waals surface area contributed by atoms with Crippen LogP contribution in [0.25, 0.3) is 0 Å². The number of hydrogen-bond acceptors (Lipinski definition) is 3. The molecule has 2 aromatic rings. The first-order chi connectivity index (χ1) is 13.5. The lowest BCUT2D eigenvalue weighted by Crippen LogP contribution is -2.42. The number of likely N-dealkylation sites (tertiary alicyclic amines) is 1. The zero-order chi connectivity index (χ0) is 20.1. The molecule has 1 fully saturated rings. The molecule has 1 unspecified atom stereocenters. The number of para-hydroxylation sites is 1. The second-order valence-corrected chi connectivity index (χ2v) is 7.59. The van der Waals surface area contributed by atoms with Gasteiger partial charge in [-0.15, -0.1) is 0 Å². The molecule has 6 heteroatoms. The number of likely N-dealkylation sites (N-methyl/N-ethyl adjacent to an activating group) is 1. The molecule has 0 aliphatic carbocycles. The molecule has 0 bridgehead atoms. The Kier molecular flexibility index (Phi) is 6.57. The van der Waals surface area contributed by atoms with E-state index in [1.807, 2.05) is 35.2 Å². The Labute approximate surface area is 171 Å². The Morgan fingerprint density at radius 3 is 2.61 bits per heavy atom. The van der Waals surface area contributed by atoms with Gasteiger partial charge in [-0.05, 0) is 56.5 Å². The van der Waals surface area contributed by atoms with Crippen LogP contribution in [0.4, 0.5) is 11.4 Å².